The fourth-order valence-corrected chi connectivity index (χ4v) is 1.78. The molecule has 0 aliphatic rings. The molecule has 6 nitrogen and oxygen atoms in total. The first kappa shape index (κ1) is 16.1. The molecule has 0 radical (unpaired) electrons. The number of rotatable bonds is 7. The van der Waals surface area contributed by atoms with E-state index < -0.39 is 0 Å². The van der Waals surface area contributed by atoms with Gasteiger partial charge >= 0.3 is 0 Å². The van der Waals surface area contributed by atoms with Crippen molar-refractivity contribution in [2.75, 3.05) is 33.7 Å². The zero-order valence-corrected chi connectivity index (χ0v) is 11.9. The standard InChI is InChI=1S/C14H22N4O2/c1-18(2)10-12(11-6-4-3-5-7-11)17-14(20)9-16-13(19)8-15/h3-7,12H,8-10,15H2,1-2H3,(H,16,19)(H,17,20). The van der Waals surface area contributed by atoms with E-state index >= 15 is 0 Å². The van der Waals surface area contributed by atoms with Crippen LogP contribution in [0.1, 0.15) is 11.6 Å². The minimum Gasteiger partial charge on any atom is -0.346 e. The molecule has 0 aliphatic carbocycles. The van der Waals surface area contributed by atoms with Gasteiger partial charge in [-0.3, -0.25) is 9.59 Å². The Morgan fingerprint density at radius 3 is 2.40 bits per heavy atom. The highest BCUT2D eigenvalue weighted by Crippen LogP contribution is 2.12. The van der Waals surface area contributed by atoms with Crippen LogP contribution in [-0.2, 0) is 9.59 Å². The second-order valence-electron chi connectivity index (χ2n) is 4.77. The summed E-state index contributed by atoms with van der Waals surface area (Å²) >= 11 is 0. The minimum absolute atomic E-state index is 0.0627. The fourth-order valence-electron chi connectivity index (χ4n) is 1.78. The summed E-state index contributed by atoms with van der Waals surface area (Å²) in [5, 5.41) is 5.36. The SMILES string of the molecule is CN(C)CC(NC(=O)CNC(=O)CN)c1ccccc1. The summed E-state index contributed by atoms with van der Waals surface area (Å²) in [5.74, 6) is -0.577. The maximum Gasteiger partial charge on any atom is 0.239 e. The molecule has 6 heteroatoms. The van der Waals surface area contributed by atoms with Gasteiger partial charge in [0.15, 0.2) is 0 Å². The molecule has 0 bridgehead atoms. The number of nitrogens with zero attached hydrogens (tertiary/aromatic N) is 1. The van der Waals surface area contributed by atoms with Gasteiger partial charge in [0.25, 0.3) is 0 Å². The zero-order chi connectivity index (χ0) is 15.0. The molecule has 20 heavy (non-hydrogen) atoms. The van der Waals surface area contributed by atoms with Crippen molar-refractivity contribution in [2.45, 2.75) is 6.04 Å². The third-order valence-electron chi connectivity index (χ3n) is 2.72. The van der Waals surface area contributed by atoms with Crippen LogP contribution in [0.2, 0.25) is 0 Å². The van der Waals surface area contributed by atoms with Crippen molar-refractivity contribution in [1.29, 1.82) is 0 Å². The van der Waals surface area contributed by atoms with Gasteiger partial charge in [0.05, 0.1) is 19.1 Å². The summed E-state index contributed by atoms with van der Waals surface area (Å²) in [6.07, 6.45) is 0. The smallest absolute Gasteiger partial charge is 0.239 e. The van der Waals surface area contributed by atoms with Crippen LogP contribution in [0.5, 0.6) is 0 Å². The second kappa shape index (κ2) is 8.29. The van der Waals surface area contributed by atoms with Gasteiger partial charge in [-0.2, -0.15) is 0 Å². The molecule has 110 valence electrons. The molecule has 0 aromatic heterocycles. The molecule has 0 saturated carbocycles. The van der Waals surface area contributed by atoms with Gasteiger partial charge in [-0.25, -0.2) is 0 Å². The molecule has 2 amide bonds. The molecule has 1 aromatic carbocycles. The van der Waals surface area contributed by atoms with Crippen molar-refractivity contribution in [3.63, 3.8) is 0 Å². The summed E-state index contributed by atoms with van der Waals surface area (Å²) in [6, 6.07) is 9.61. The average Bonchev–Trinajstić information content (AvgIpc) is 2.44. The van der Waals surface area contributed by atoms with E-state index in [4.69, 9.17) is 5.73 Å². The van der Waals surface area contributed by atoms with E-state index in [9.17, 15) is 9.59 Å². The van der Waals surface area contributed by atoms with Crippen molar-refractivity contribution in [3.05, 3.63) is 35.9 Å². The Morgan fingerprint density at radius 2 is 1.85 bits per heavy atom. The molecule has 1 atom stereocenters. The van der Waals surface area contributed by atoms with E-state index in [1.165, 1.54) is 0 Å². The van der Waals surface area contributed by atoms with Gasteiger partial charge in [0.1, 0.15) is 0 Å². The lowest BCUT2D eigenvalue weighted by Gasteiger charge is -2.23. The molecule has 0 aliphatic heterocycles. The van der Waals surface area contributed by atoms with Crippen molar-refractivity contribution in [3.8, 4) is 0 Å². The largest absolute Gasteiger partial charge is 0.346 e. The number of carbonyl (C=O) groups is 2. The summed E-state index contributed by atoms with van der Waals surface area (Å²) in [5.41, 5.74) is 6.19. The Kier molecular flexibility index (Phi) is 6.69. The molecule has 0 heterocycles. The Morgan fingerprint density at radius 1 is 1.20 bits per heavy atom. The number of benzene rings is 1. The van der Waals surface area contributed by atoms with Crippen molar-refractivity contribution < 1.29 is 9.59 Å². The Hall–Kier alpha value is -1.92. The predicted molar refractivity (Wildman–Crippen MR) is 77.9 cm³/mol. The molecule has 1 rings (SSSR count). The maximum absolute atomic E-state index is 11.8. The van der Waals surface area contributed by atoms with Crippen LogP contribution in [0.3, 0.4) is 0 Å². The maximum atomic E-state index is 11.8. The molecule has 1 unspecified atom stereocenters. The average molecular weight is 278 g/mol. The number of hydrogen-bond acceptors (Lipinski definition) is 4. The van der Waals surface area contributed by atoms with E-state index in [0.717, 1.165) is 5.56 Å². The third kappa shape index (κ3) is 5.81. The van der Waals surface area contributed by atoms with Gasteiger partial charge in [0.2, 0.25) is 11.8 Å². The summed E-state index contributed by atoms with van der Waals surface area (Å²) in [7, 11) is 3.89. The van der Waals surface area contributed by atoms with Crippen LogP contribution in [0, 0.1) is 0 Å². The Balaban J connectivity index is 2.61. The summed E-state index contributed by atoms with van der Waals surface area (Å²) < 4.78 is 0. The first-order chi connectivity index (χ1) is 9.52. The van der Waals surface area contributed by atoms with E-state index in [1.54, 1.807) is 0 Å². The highest BCUT2D eigenvalue weighted by molar-refractivity contribution is 5.85. The normalized spacial score (nSPS) is 12.0. The second-order valence-corrected chi connectivity index (χ2v) is 4.77. The summed E-state index contributed by atoms with van der Waals surface area (Å²) in [6.45, 7) is 0.500. The van der Waals surface area contributed by atoms with Crippen LogP contribution in [0.25, 0.3) is 0 Å². The van der Waals surface area contributed by atoms with Crippen LogP contribution < -0.4 is 16.4 Å². The number of nitrogens with one attached hydrogen (secondary N) is 2. The number of carbonyl (C=O) groups excluding carboxylic acids is 2. The Labute approximate surface area is 119 Å². The first-order valence-electron chi connectivity index (χ1n) is 6.48. The molecule has 1 aromatic rings. The lowest BCUT2D eigenvalue weighted by Crippen LogP contribution is -2.42. The van der Waals surface area contributed by atoms with Crippen LogP contribution in [-0.4, -0.2) is 50.4 Å². The topological polar surface area (TPSA) is 87.5 Å². The van der Waals surface area contributed by atoms with E-state index in [0.29, 0.717) is 6.54 Å². The number of likely N-dealkylation sites (N-methyl/N-ethyl adjacent to an activating group) is 1. The van der Waals surface area contributed by atoms with Crippen molar-refractivity contribution >= 4 is 11.8 Å². The van der Waals surface area contributed by atoms with E-state index in [1.807, 2.05) is 49.3 Å². The minimum atomic E-state index is -0.343. The number of hydrogen-bond donors (Lipinski definition) is 3. The molecule has 0 spiro atoms. The van der Waals surface area contributed by atoms with Gasteiger partial charge in [-0.05, 0) is 19.7 Å². The molecule has 4 N–H and O–H groups in total. The zero-order valence-electron chi connectivity index (χ0n) is 11.9. The number of amides is 2. The van der Waals surface area contributed by atoms with Gasteiger partial charge in [0, 0.05) is 6.54 Å². The number of nitrogens with two attached hydrogens (primary N) is 1. The highest BCUT2D eigenvalue weighted by atomic mass is 16.2. The van der Waals surface area contributed by atoms with Crippen LogP contribution in [0.15, 0.2) is 30.3 Å². The highest BCUT2D eigenvalue weighted by Gasteiger charge is 2.15. The Bertz CT molecular complexity index is 434. The molecule has 0 saturated heterocycles. The lowest BCUT2D eigenvalue weighted by molar-refractivity contribution is -0.125. The van der Waals surface area contributed by atoms with Crippen molar-refractivity contribution in [2.24, 2.45) is 5.73 Å². The molecular formula is C14H22N4O2. The molecular weight excluding hydrogens is 256 g/mol. The van der Waals surface area contributed by atoms with Gasteiger partial charge in [-0.1, -0.05) is 30.3 Å². The van der Waals surface area contributed by atoms with Gasteiger partial charge < -0.3 is 21.3 Å². The fraction of sp³-hybridized carbons (Fsp3) is 0.429. The van der Waals surface area contributed by atoms with Crippen molar-refractivity contribution in [1.82, 2.24) is 15.5 Å². The van der Waals surface area contributed by atoms with Crippen LogP contribution >= 0.6 is 0 Å². The summed E-state index contributed by atoms with van der Waals surface area (Å²) in [4.78, 5) is 24.9. The third-order valence-corrected chi connectivity index (χ3v) is 2.72. The quantitative estimate of drug-likeness (QED) is 0.626. The van der Waals surface area contributed by atoms with Gasteiger partial charge in [-0.15, -0.1) is 0 Å². The van der Waals surface area contributed by atoms with E-state index in [-0.39, 0.29) is 30.9 Å². The van der Waals surface area contributed by atoms with Crippen LogP contribution in [0.4, 0.5) is 0 Å². The lowest BCUT2D eigenvalue weighted by atomic mass is 10.1. The predicted octanol–water partition coefficient (Wildman–Crippen LogP) is -0.520. The molecule has 0 fully saturated rings. The monoisotopic (exact) mass is 278 g/mol. The van der Waals surface area contributed by atoms with E-state index in [2.05, 4.69) is 10.6 Å². The first-order valence-corrected chi connectivity index (χ1v) is 6.48.